The molecule has 1 aliphatic rings. The lowest BCUT2D eigenvalue weighted by molar-refractivity contribution is -0.120. The van der Waals surface area contributed by atoms with E-state index >= 15 is 0 Å². The van der Waals surface area contributed by atoms with Gasteiger partial charge >= 0.3 is 5.69 Å². The summed E-state index contributed by atoms with van der Waals surface area (Å²) in [5, 5.41) is 0. The molecule has 0 bridgehead atoms. The number of ether oxygens (including phenoxy) is 1. The van der Waals surface area contributed by atoms with Crippen molar-refractivity contribution in [3.8, 4) is 5.75 Å². The Kier molecular flexibility index (Phi) is 7.10. The van der Waals surface area contributed by atoms with Gasteiger partial charge < -0.3 is 15.4 Å². The number of aromatic amines is 1. The van der Waals surface area contributed by atoms with E-state index in [1.807, 2.05) is 57.2 Å². The van der Waals surface area contributed by atoms with Crippen molar-refractivity contribution in [1.82, 2.24) is 9.55 Å². The number of rotatable bonds is 8. The second kappa shape index (κ2) is 10.2. The molecule has 0 fully saturated rings. The molecule has 36 heavy (non-hydrogen) atoms. The van der Waals surface area contributed by atoms with Crippen LogP contribution in [0.2, 0.25) is 0 Å². The minimum absolute atomic E-state index is 0.0114. The number of nitrogens with zero attached hydrogens (tertiary/aromatic N) is 2. The Hall–Kier alpha value is -4.14. The van der Waals surface area contributed by atoms with Crippen LogP contribution in [0.1, 0.15) is 59.7 Å². The molecule has 0 aliphatic heterocycles. The van der Waals surface area contributed by atoms with Crippen molar-refractivity contribution in [3.63, 3.8) is 0 Å². The summed E-state index contributed by atoms with van der Waals surface area (Å²) in [5.41, 5.74) is 8.08. The van der Waals surface area contributed by atoms with E-state index in [9.17, 15) is 19.2 Å². The summed E-state index contributed by atoms with van der Waals surface area (Å²) >= 11 is 0. The summed E-state index contributed by atoms with van der Waals surface area (Å²) in [6.45, 7) is 5.74. The number of aromatic nitrogens is 2. The number of carbonyl (C=O) groups is 2. The quantitative estimate of drug-likeness (QED) is 0.500. The monoisotopic (exact) mass is 490 g/mol. The molecular weight excluding hydrogens is 460 g/mol. The van der Waals surface area contributed by atoms with Crippen LogP contribution in [0.3, 0.4) is 0 Å². The van der Waals surface area contributed by atoms with Crippen LogP contribution in [0.15, 0.2) is 52.1 Å². The zero-order chi connectivity index (χ0) is 26.0. The minimum Gasteiger partial charge on any atom is -0.483 e. The van der Waals surface area contributed by atoms with Crippen LogP contribution in [0.25, 0.3) is 0 Å². The molecule has 1 aliphatic carbocycles. The lowest BCUT2D eigenvalue weighted by atomic mass is 9.97. The van der Waals surface area contributed by atoms with E-state index in [2.05, 4.69) is 4.98 Å². The van der Waals surface area contributed by atoms with Crippen molar-refractivity contribution in [2.24, 2.45) is 0 Å². The first-order valence-electron chi connectivity index (χ1n) is 12.0. The van der Waals surface area contributed by atoms with Crippen LogP contribution in [-0.2, 0) is 11.3 Å². The van der Waals surface area contributed by atoms with Crippen molar-refractivity contribution in [3.05, 3.63) is 85.6 Å². The van der Waals surface area contributed by atoms with Crippen molar-refractivity contribution < 1.29 is 14.3 Å². The maximum absolute atomic E-state index is 13.3. The molecule has 9 heteroatoms. The highest BCUT2D eigenvalue weighted by atomic mass is 16.5. The molecule has 188 valence electrons. The van der Waals surface area contributed by atoms with Gasteiger partial charge in [0.1, 0.15) is 11.6 Å². The number of benzene rings is 2. The first-order valence-corrected chi connectivity index (χ1v) is 12.0. The fourth-order valence-electron chi connectivity index (χ4n) is 4.79. The predicted molar refractivity (Wildman–Crippen MR) is 138 cm³/mol. The summed E-state index contributed by atoms with van der Waals surface area (Å²) in [7, 11) is 0. The van der Waals surface area contributed by atoms with Gasteiger partial charge in [-0.3, -0.25) is 23.9 Å². The molecule has 1 heterocycles. The number of anilines is 2. The first-order chi connectivity index (χ1) is 17.2. The third-order valence-corrected chi connectivity index (χ3v) is 6.46. The molecule has 0 unspecified atom stereocenters. The van der Waals surface area contributed by atoms with Crippen molar-refractivity contribution in [2.75, 3.05) is 23.8 Å². The molecule has 9 nitrogen and oxygen atoms in total. The topological polar surface area (TPSA) is 127 Å². The molecule has 1 amide bonds. The lowest BCUT2D eigenvalue weighted by Gasteiger charge is -2.24. The number of nitrogen functional groups attached to an aromatic ring is 1. The van der Waals surface area contributed by atoms with Crippen LogP contribution in [0.5, 0.6) is 5.75 Å². The first kappa shape index (κ1) is 25.0. The summed E-state index contributed by atoms with van der Waals surface area (Å²) in [6.07, 6.45) is 0.944. The Morgan fingerprint density at radius 1 is 1.17 bits per heavy atom. The SMILES string of the molecule is CCCN(C(=O)COc1ccc(C)c2c1C(=O)C[C@@H]2C)c1c(N)n(Cc2ccccc2)c(=O)[nH]c1=O. The number of fused-ring (bicyclic) bond motifs is 1. The summed E-state index contributed by atoms with van der Waals surface area (Å²) < 4.78 is 7.06. The van der Waals surface area contributed by atoms with Gasteiger partial charge in [-0.1, -0.05) is 50.2 Å². The number of amides is 1. The maximum Gasteiger partial charge on any atom is 0.330 e. The van der Waals surface area contributed by atoms with Gasteiger partial charge in [-0.15, -0.1) is 0 Å². The number of ketones is 1. The predicted octanol–water partition coefficient (Wildman–Crippen LogP) is 2.99. The number of carbonyl (C=O) groups excluding carboxylic acids is 2. The summed E-state index contributed by atoms with van der Waals surface area (Å²) in [4.78, 5) is 54.8. The Bertz CT molecular complexity index is 1420. The number of Topliss-reactive ketones (excluding diaryl/α,β-unsaturated/α-hetero) is 1. The zero-order valence-corrected chi connectivity index (χ0v) is 20.7. The highest BCUT2D eigenvalue weighted by Crippen LogP contribution is 2.40. The molecule has 0 spiro atoms. The van der Waals surface area contributed by atoms with Gasteiger partial charge in [-0.25, -0.2) is 4.79 Å². The van der Waals surface area contributed by atoms with E-state index in [0.29, 0.717) is 24.2 Å². The van der Waals surface area contributed by atoms with Gasteiger partial charge in [0.25, 0.3) is 11.5 Å². The van der Waals surface area contributed by atoms with Crippen molar-refractivity contribution >= 4 is 23.2 Å². The Balaban J connectivity index is 1.64. The van der Waals surface area contributed by atoms with E-state index in [4.69, 9.17) is 10.5 Å². The number of hydrogen-bond acceptors (Lipinski definition) is 6. The van der Waals surface area contributed by atoms with Crippen molar-refractivity contribution in [1.29, 1.82) is 0 Å². The molecular formula is C27H30N4O5. The smallest absolute Gasteiger partial charge is 0.330 e. The fourth-order valence-corrected chi connectivity index (χ4v) is 4.79. The van der Waals surface area contributed by atoms with Gasteiger partial charge in [0.2, 0.25) is 0 Å². The third kappa shape index (κ3) is 4.68. The molecule has 3 aromatic rings. The normalized spacial score (nSPS) is 14.5. The van der Waals surface area contributed by atoms with Crippen LogP contribution in [0.4, 0.5) is 11.5 Å². The molecule has 0 saturated heterocycles. The highest BCUT2D eigenvalue weighted by Gasteiger charge is 2.32. The van der Waals surface area contributed by atoms with Crippen LogP contribution < -0.4 is 26.6 Å². The molecule has 3 N–H and O–H groups in total. The standard InChI is InChI=1S/C27H30N4O5/c1-4-12-30(21(33)15-36-20-11-10-16(2)22-17(3)13-19(32)23(20)22)24-25(28)31(27(35)29-26(24)34)14-18-8-6-5-7-9-18/h5-11,17H,4,12-15,28H2,1-3H3,(H,29,34,35)/t17-/m0/s1. The summed E-state index contributed by atoms with van der Waals surface area (Å²) in [6, 6.07) is 12.8. The van der Waals surface area contributed by atoms with E-state index in [1.54, 1.807) is 6.07 Å². The Morgan fingerprint density at radius 3 is 2.58 bits per heavy atom. The van der Waals surface area contributed by atoms with Crippen LogP contribution in [0, 0.1) is 6.92 Å². The zero-order valence-electron chi connectivity index (χ0n) is 20.7. The average molecular weight is 491 g/mol. The number of hydrogen-bond donors (Lipinski definition) is 2. The van der Waals surface area contributed by atoms with Crippen LogP contribution >= 0.6 is 0 Å². The average Bonchev–Trinajstić information content (AvgIpc) is 3.16. The molecule has 2 aromatic carbocycles. The number of H-pyrrole nitrogens is 1. The van der Waals surface area contributed by atoms with Gasteiger partial charge in [0, 0.05) is 13.0 Å². The molecule has 4 rings (SSSR count). The number of nitrogens with two attached hydrogens (primary N) is 1. The number of aryl methyl sites for hydroxylation is 1. The lowest BCUT2D eigenvalue weighted by Crippen LogP contribution is -2.43. The largest absolute Gasteiger partial charge is 0.483 e. The minimum atomic E-state index is -0.746. The molecule has 1 atom stereocenters. The third-order valence-electron chi connectivity index (χ3n) is 6.46. The van der Waals surface area contributed by atoms with E-state index in [0.717, 1.165) is 16.7 Å². The van der Waals surface area contributed by atoms with Gasteiger partial charge in [-0.2, -0.15) is 0 Å². The second-order valence-corrected chi connectivity index (χ2v) is 9.10. The molecule has 0 radical (unpaired) electrons. The maximum atomic E-state index is 13.3. The van der Waals surface area contributed by atoms with Crippen LogP contribution in [-0.4, -0.2) is 34.4 Å². The van der Waals surface area contributed by atoms with E-state index < -0.39 is 23.8 Å². The number of nitrogens with one attached hydrogen (secondary N) is 1. The molecule has 0 saturated carbocycles. The Morgan fingerprint density at radius 2 is 1.89 bits per heavy atom. The van der Waals surface area contributed by atoms with Gasteiger partial charge in [0.05, 0.1) is 12.1 Å². The summed E-state index contributed by atoms with van der Waals surface area (Å²) in [5.74, 6) is -0.179. The second-order valence-electron chi connectivity index (χ2n) is 9.10. The Labute approximate surface area is 208 Å². The van der Waals surface area contributed by atoms with E-state index in [-0.39, 0.29) is 36.3 Å². The van der Waals surface area contributed by atoms with Gasteiger partial charge in [-0.05, 0) is 42.0 Å². The van der Waals surface area contributed by atoms with Gasteiger partial charge in [0.15, 0.2) is 18.1 Å². The fraction of sp³-hybridized carbons (Fsp3) is 0.333. The van der Waals surface area contributed by atoms with E-state index in [1.165, 1.54) is 9.47 Å². The molecule has 1 aromatic heterocycles. The van der Waals surface area contributed by atoms with Crippen molar-refractivity contribution in [2.45, 2.75) is 46.1 Å². The highest BCUT2D eigenvalue weighted by molar-refractivity contribution is 6.04.